The summed E-state index contributed by atoms with van der Waals surface area (Å²) in [6, 6.07) is 3.37. The molecule has 0 aromatic heterocycles. The molecule has 14 heavy (non-hydrogen) atoms. The van der Waals surface area contributed by atoms with Gasteiger partial charge in [-0.1, -0.05) is 11.6 Å². The van der Waals surface area contributed by atoms with Gasteiger partial charge in [0.2, 0.25) is 0 Å². The van der Waals surface area contributed by atoms with E-state index >= 15 is 0 Å². The topological polar surface area (TPSA) is 46.5 Å². The van der Waals surface area contributed by atoms with E-state index in [-0.39, 0.29) is 6.42 Å². The first-order chi connectivity index (χ1) is 6.54. The molecule has 1 aromatic rings. The standard InChI is InChI=1S/C10H11ClO3/c1-6-3-9(14-2)8(11)4-7(6)5-10(12)13/h3-4H,5H2,1-2H3,(H,12,13). The molecule has 0 saturated carbocycles. The van der Waals surface area contributed by atoms with Crippen LogP contribution in [0.3, 0.4) is 0 Å². The maximum absolute atomic E-state index is 10.5. The summed E-state index contributed by atoms with van der Waals surface area (Å²) in [5.41, 5.74) is 1.58. The van der Waals surface area contributed by atoms with Crippen LogP contribution in [0, 0.1) is 6.92 Å². The molecule has 0 radical (unpaired) electrons. The van der Waals surface area contributed by atoms with E-state index in [4.69, 9.17) is 21.4 Å². The number of aliphatic carboxylic acids is 1. The van der Waals surface area contributed by atoms with Crippen molar-refractivity contribution < 1.29 is 14.6 Å². The molecular formula is C10H11ClO3. The smallest absolute Gasteiger partial charge is 0.307 e. The lowest BCUT2D eigenvalue weighted by molar-refractivity contribution is -0.136. The summed E-state index contributed by atoms with van der Waals surface area (Å²) < 4.78 is 5.01. The first kappa shape index (κ1) is 10.9. The highest BCUT2D eigenvalue weighted by molar-refractivity contribution is 6.32. The number of hydrogen-bond acceptors (Lipinski definition) is 2. The summed E-state index contributed by atoms with van der Waals surface area (Å²) in [5.74, 6) is -0.298. The highest BCUT2D eigenvalue weighted by Gasteiger charge is 2.08. The minimum absolute atomic E-state index is 0.0183. The predicted molar refractivity (Wildman–Crippen MR) is 54.1 cm³/mol. The van der Waals surface area contributed by atoms with Crippen molar-refractivity contribution in [3.63, 3.8) is 0 Å². The van der Waals surface area contributed by atoms with Crippen molar-refractivity contribution in [2.24, 2.45) is 0 Å². The van der Waals surface area contributed by atoms with Gasteiger partial charge in [0.1, 0.15) is 5.75 Å². The Labute approximate surface area is 87.3 Å². The molecule has 0 bridgehead atoms. The largest absolute Gasteiger partial charge is 0.495 e. The Bertz CT molecular complexity index is 361. The average molecular weight is 215 g/mol. The van der Waals surface area contributed by atoms with E-state index < -0.39 is 5.97 Å². The second-order valence-electron chi connectivity index (χ2n) is 2.98. The van der Waals surface area contributed by atoms with Gasteiger partial charge in [-0.15, -0.1) is 0 Å². The number of halogens is 1. The first-order valence-electron chi connectivity index (χ1n) is 4.09. The normalized spacial score (nSPS) is 9.93. The van der Waals surface area contributed by atoms with Crippen molar-refractivity contribution in [2.45, 2.75) is 13.3 Å². The Balaban J connectivity index is 3.08. The van der Waals surface area contributed by atoms with Gasteiger partial charge in [-0.2, -0.15) is 0 Å². The molecule has 0 aliphatic heterocycles. The van der Waals surface area contributed by atoms with Gasteiger partial charge in [-0.3, -0.25) is 4.79 Å². The van der Waals surface area contributed by atoms with E-state index in [0.29, 0.717) is 16.3 Å². The number of rotatable bonds is 3. The van der Waals surface area contributed by atoms with Gasteiger partial charge < -0.3 is 9.84 Å². The van der Waals surface area contributed by atoms with Crippen LogP contribution in [0.1, 0.15) is 11.1 Å². The van der Waals surface area contributed by atoms with E-state index in [1.807, 2.05) is 6.92 Å². The van der Waals surface area contributed by atoms with E-state index in [0.717, 1.165) is 5.56 Å². The van der Waals surface area contributed by atoms with Crippen LogP contribution in [0.4, 0.5) is 0 Å². The minimum atomic E-state index is -0.866. The van der Waals surface area contributed by atoms with Crippen molar-refractivity contribution in [2.75, 3.05) is 7.11 Å². The van der Waals surface area contributed by atoms with Crippen LogP contribution in [-0.4, -0.2) is 18.2 Å². The molecule has 76 valence electrons. The van der Waals surface area contributed by atoms with Crippen molar-refractivity contribution >= 4 is 17.6 Å². The molecule has 0 aliphatic rings. The third-order valence-electron chi connectivity index (χ3n) is 1.95. The first-order valence-corrected chi connectivity index (χ1v) is 4.47. The van der Waals surface area contributed by atoms with Crippen molar-refractivity contribution in [3.05, 3.63) is 28.3 Å². The molecule has 0 atom stereocenters. The molecule has 0 amide bonds. The second kappa shape index (κ2) is 4.33. The predicted octanol–water partition coefficient (Wildman–Crippen LogP) is 2.28. The zero-order valence-corrected chi connectivity index (χ0v) is 8.76. The molecule has 4 heteroatoms. The monoisotopic (exact) mass is 214 g/mol. The maximum atomic E-state index is 10.5. The van der Waals surface area contributed by atoms with Crippen LogP contribution in [0.2, 0.25) is 5.02 Å². The number of carbonyl (C=O) groups is 1. The zero-order chi connectivity index (χ0) is 10.7. The molecule has 3 nitrogen and oxygen atoms in total. The van der Waals surface area contributed by atoms with E-state index in [1.54, 1.807) is 12.1 Å². The van der Waals surface area contributed by atoms with Gasteiger partial charge in [0.25, 0.3) is 0 Å². The molecule has 0 fully saturated rings. The molecule has 0 heterocycles. The fourth-order valence-electron chi connectivity index (χ4n) is 1.21. The van der Waals surface area contributed by atoms with Gasteiger partial charge in [0.05, 0.1) is 18.6 Å². The molecule has 1 aromatic carbocycles. The van der Waals surface area contributed by atoms with Crippen LogP contribution in [0.5, 0.6) is 5.75 Å². The van der Waals surface area contributed by atoms with E-state index in [1.165, 1.54) is 7.11 Å². The minimum Gasteiger partial charge on any atom is -0.495 e. The van der Waals surface area contributed by atoms with Crippen LogP contribution >= 0.6 is 11.6 Å². The number of carboxylic acids is 1. The molecule has 0 spiro atoms. The summed E-state index contributed by atoms with van der Waals surface area (Å²) in [6.07, 6.45) is -0.0183. The van der Waals surface area contributed by atoms with Crippen LogP contribution in [-0.2, 0) is 11.2 Å². The second-order valence-corrected chi connectivity index (χ2v) is 3.39. The van der Waals surface area contributed by atoms with Gasteiger partial charge in [0, 0.05) is 0 Å². The van der Waals surface area contributed by atoms with Crippen molar-refractivity contribution in [1.29, 1.82) is 0 Å². The summed E-state index contributed by atoms with van der Waals surface area (Å²) in [7, 11) is 1.53. The van der Waals surface area contributed by atoms with E-state index in [2.05, 4.69) is 0 Å². The fourth-order valence-corrected chi connectivity index (χ4v) is 1.47. The highest BCUT2D eigenvalue weighted by atomic mass is 35.5. The molecular weight excluding hydrogens is 204 g/mol. The third kappa shape index (κ3) is 2.39. The summed E-state index contributed by atoms with van der Waals surface area (Å²) >= 11 is 5.87. The summed E-state index contributed by atoms with van der Waals surface area (Å²) in [5, 5.41) is 9.07. The summed E-state index contributed by atoms with van der Waals surface area (Å²) in [4.78, 5) is 10.5. The molecule has 0 saturated heterocycles. The number of methoxy groups -OCH3 is 1. The fraction of sp³-hybridized carbons (Fsp3) is 0.300. The quantitative estimate of drug-likeness (QED) is 0.840. The Morgan fingerprint density at radius 1 is 1.57 bits per heavy atom. The lowest BCUT2D eigenvalue weighted by atomic mass is 10.1. The van der Waals surface area contributed by atoms with E-state index in [9.17, 15) is 4.79 Å². The number of hydrogen-bond donors (Lipinski definition) is 1. The lowest BCUT2D eigenvalue weighted by Gasteiger charge is -2.08. The van der Waals surface area contributed by atoms with Crippen LogP contribution < -0.4 is 4.74 Å². The maximum Gasteiger partial charge on any atom is 0.307 e. The highest BCUT2D eigenvalue weighted by Crippen LogP contribution is 2.27. The molecule has 1 N–H and O–H groups in total. The average Bonchev–Trinajstić information content (AvgIpc) is 2.10. The number of aryl methyl sites for hydroxylation is 1. The Morgan fingerprint density at radius 2 is 2.21 bits per heavy atom. The Kier molecular flexibility index (Phi) is 3.36. The summed E-state index contributed by atoms with van der Waals surface area (Å²) in [6.45, 7) is 1.83. The van der Waals surface area contributed by atoms with Crippen molar-refractivity contribution in [3.8, 4) is 5.75 Å². The van der Waals surface area contributed by atoms with Gasteiger partial charge in [-0.25, -0.2) is 0 Å². The number of carboxylic acid groups (broad SMARTS) is 1. The van der Waals surface area contributed by atoms with Crippen LogP contribution in [0.25, 0.3) is 0 Å². The number of benzene rings is 1. The molecule has 0 unspecified atom stereocenters. The Morgan fingerprint density at radius 3 is 2.71 bits per heavy atom. The zero-order valence-electron chi connectivity index (χ0n) is 8.00. The number of ether oxygens (including phenoxy) is 1. The SMILES string of the molecule is COc1cc(C)c(CC(=O)O)cc1Cl. The van der Waals surface area contributed by atoms with Gasteiger partial charge >= 0.3 is 5.97 Å². The molecule has 1 rings (SSSR count). The third-order valence-corrected chi connectivity index (χ3v) is 2.25. The van der Waals surface area contributed by atoms with Crippen LogP contribution in [0.15, 0.2) is 12.1 Å². The van der Waals surface area contributed by atoms with Crippen molar-refractivity contribution in [1.82, 2.24) is 0 Å². The van der Waals surface area contributed by atoms with Gasteiger partial charge in [-0.05, 0) is 30.2 Å². The Hall–Kier alpha value is -1.22. The lowest BCUT2D eigenvalue weighted by Crippen LogP contribution is -2.02. The van der Waals surface area contributed by atoms with Gasteiger partial charge in [0.15, 0.2) is 0 Å². The molecule has 0 aliphatic carbocycles.